The zero-order valence-corrected chi connectivity index (χ0v) is 6.24. The van der Waals surface area contributed by atoms with Crippen molar-refractivity contribution in [3.8, 4) is 0 Å². The van der Waals surface area contributed by atoms with E-state index in [1.807, 2.05) is 6.07 Å². The lowest BCUT2D eigenvalue weighted by atomic mass is 10.2. The number of pyridine rings is 1. The fourth-order valence-corrected chi connectivity index (χ4v) is 1.13. The normalized spacial score (nSPS) is 10.6. The molecule has 0 saturated heterocycles. The van der Waals surface area contributed by atoms with Crippen molar-refractivity contribution in [1.29, 1.82) is 0 Å². The molecule has 0 aliphatic heterocycles. The Labute approximate surface area is 64.0 Å². The van der Waals surface area contributed by atoms with E-state index >= 15 is 0 Å². The Kier molecular flexibility index (Phi) is 1.35. The first kappa shape index (κ1) is 6.34. The fourth-order valence-electron chi connectivity index (χ4n) is 1.13. The molecule has 3 heteroatoms. The van der Waals surface area contributed by atoms with Gasteiger partial charge in [-0.15, -0.1) is 0 Å². The summed E-state index contributed by atoms with van der Waals surface area (Å²) in [7, 11) is 0. The van der Waals surface area contributed by atoms with Gasteiger partial charge in [-0.1, -0.05) is 12.1 Å². The van der Waals surface area contributed by atoms with Crippen molar-refractivity contribution < 1.29 is 4.52 Å². The van der Waals surface area contributed by atoms with Crippen molar-refractivity contribution in [2.45, 2.75) is 13.3 Å². The summed E-state index contributed by atoms with van der Waals surface area (Å²) in [5.41, 5.74) is 1.86. The van der Waals surface area contributed by atoms with Crippen molar-refractivity contribution in [1.82, 2.24) is 10.1 Å². The summed E-state index contributed by atoms with van der Waals surface area (Å²) in [6.07, 6.45) is 4.37. The molecule has 2 aromatic heterocycles. The lowest BCUT2D eigenvalue weighted by Gasteiger charge is -1.93. The van der Waals surface area contributed by atoms with Gasteiger partial charge in [-0.3, -0.25) is 4.98 Å². The molecule has 0 amide bonds. The minimum absolute atomic E-state index is 0.817. The SMILES string of the molecule is CCc1nccc2oncc12. The Morgan fingerprint density at radius 1 is 1.55 bits per heavy atom. The molecule has 56 valence electrons. The van der Waals surface area contributed by atoms with Gasteiger partial charge in [0.05, 0.1) is 17.3 Å². The lowest BCUT2D eigenvalue weighted by Crippen LogP contribution is -1.84. The molecule has 0 N–H and O–H groups in total. The summed E-state index contributed by atoms with van der Waals surface area (Å²) >= 11 is 0. The molecule has 0 radical (unpaired) electrons. The Bertz CT molecular complexity index is 367. The first-order chi connectivity index (χ1) is 5.42. The fraction of sp³-hybridized carbons (Fsp3) is 0.250. The van der Waals surface area contributed by atoms with Gasteiger partial charge in [-0.2, -0.15) is 0 Å². The number of hydrogen-bond acceptors (Lipinski definition) is 3. The van der Waals surface area contributed by atoms with Crippen LogP contribution in [0.1, 0.15) is 12.6 Å². The molecular weight excluding hydrogens is 140 g/mol. The first-order valence-electron chi connectivity index (χ1n) is 3.60. The van der Waals surface area contributed by atoms with E-state index in [2.05, 4.69) is 17.1 Å². The molecule has 0 bridgehead atoms. The van der Waals surface area contributed by atoms with Gasteiger partial charge in [0.25, 0.3) is 0 Å². The van der Waals surface area contributed by atoms with Gasteiger partial charge in [0.2, 0.25) is 0 Å². The Morgan fingerprint density at radius 3 is 3.27 bits per heavy atom. The van der Waals surface area contributed by atoms with Gasteiger partial charge < -0.3 is 4.52 Å². The van der Waals surface area contributed by atoms with Crippen LogP contribution in [-0.4, -0.2) is 10.1 Å². The van der Waals surface area contributed by atoms with Crippen molar-refractivity contribution >= 4 is 11.0 Å². The second kappa shape index (κ2) is 2.34. The highest BCUT2D eigenvalue weighted by molar-refractivity contribution is 5.77. The second-order valence-corrected chi connectivity index (χ2v) is 2.35. The van der Waals surface area contributed by atoms with E-state index in [-0.39, 0.29) is 0 Å². The van der Waals surface area contributed by atoms with Crippen molar-refractivity contribution in [3.63, 3.8) is 0 Å². The maximum absolute atomic E-state index is 4.97. The topological polar surface area (TPSA) is 38.9 Å². The molecule has 3 nitrogen and oxygen atoms in total. The molecule has 2 rings (SSSR count). The highest BCUT2D eigenvalue weighted by atomic mass is 16.5. The monoisotopic (exact) mass is 148 g/mol. The second-order valence-electron chi connectivity index (χ2n) is 2.35. The predicted octanol–water partition coefficient (Wildman–Crippen LogP) is 1.79. The van der Waals surface area contributed by atoms with Crippen molar-refractivity contribution in [2.75, 3.05) is 0 Å². The highest BCUT2D eigenvalue weighted by Gasteiger charge is 2.02. The average molecular weight is 148 g/mol. The van der Waals surface area contributed by atoms with Gasteiger partial charge in [0, 0.05) is 12.3 Å². The van der Waals surface area contributed by atoms with Crippen LogP contribution in [0.5, 0.6) is 0 Å². The van der Waals surface area contributed by atoms with Crippen LogP contribution in [0.3, 0.4) is 0 Å². The Balaban J connectivity index is 2.79. The Hall–Kier alpha value is -1.38. The number of nitrogens with zero attached hydrogens (tertiary/aromatic N) is 2. The standard InChI is InChI=1S/C8H8N2O/c1-2-7-6-5-10-11-8(6)3-4-9-7/h3-5H,2H2,1H3. The molecule has 0 saturated carbocycles. The van der Waals surface area contributed by atoms with Crippen LogP contribution in [0.15, 0.2) is 23.0 Å². The highest BCUT2D eigenvalue weighted by Crippen LogP contribution is 2.15. The van der Waals surface area contributed by atoms with E-state index in [9.17, 15) is 0 Å². The smallest absolute Gasteiger partial charge is 0.170 e. The van der Waals surface area contributed by atoms with Gasteiger partial charge in [-0.25, -0.2) is 0 Å². The van der Waals surface area contributed by atoms with Crippen LogP contribution in [0, 0.1) is 0 Å². The van der Waals surface area contributed by atoms with E-state index in [0.717, 1.165) is 23.1 Å². The summed E-state index contributed by atoms with van der Waals surface area (Å²) in [5.74, 6) is 0. The van der Waals surface area contributed by atoms with Crippen LogP contribution in [0.25, 0.3) is 11.0 Å². The van der Waals surface area contributed by atoms with E-state index in [4.69, 9.17) is 4.52 Å². The number of fused-ring (bicyclic) bond motifs is 1. The summed E-state index contributed by atoms with van der Waals surface area (Å²) in [6, 6.07) is 1.82. The maximum atomic E-state index is 4.97. The maximum Gasteiger partial charge on any atom is 0.170 e. The molecule has 11 heavy (non-hydrogen) atoms. The van der Waals surface area contributed by atoms with Crippen molar-refractivity contribution in [3.05, 3.63) is 24.2 Å². The quantitative estimate of drug-likeness (QED) is 0.618. The molecule has 0 fully saturated rings. The van der Waals surface area contributed by atoms with E-state index in [0.29, 0.717) is 0 Å². The minimum atomic E-state index is 0.817. The largest absolute Gasteiger partial charge is 0.356 e. The van der Waals surface area contributed by atoms with Crippen LogP contribution < -0.4 is 0 Å². The van der Waals surface area contributed by atoms with Crippen molar-refractivity contribution in [2.24, 2.45) is 0 Å². The molecule has 2 heterocycles. The third-order valence-corrected chi connectivity index (χ3v) is 1.70. The number of rotatable bonds is 1. The number of hydrogen-bond donors (Lipinski definition) is 0. The molecular formula is C8H8N2O. The Morgan fingerprint density at radius 2 is 2.45 bits per heavy atom. The molecule has 0 atom stereocenters. The number of aryl methyl sites for hydroxylation is 1. The first-order valence-corrected chi connectivity index (χ1v) is 3.60. The zero-order chi connectivity index (χ0) is 7.68. The van der Waals surface area contributed by atoms with Gasteiger partial charge in [-0.05, 0) is 6.42 Å². The van der Waals surface area contributed by atoms with E-state index < -0.39 is 0 Å². The molecule has 0 aliphatic carbocycles. The third-order valence-electron chi connectivity index (χ3n) is 1.70. The number of aromatic nitrogens is 2. The molecule has 0 spiro atoms. The van der Waals surface area contributed by atoms with Crippen LogP contribution in [0.4, 0.5) is 0 Å². The summed E-state index contributed by atoms with van der Waals surface area (Å²) in [4.78, 5) is 4.20. The van der Waals surface area contributed by atoms with Gasteiger partial charge in [0.15, 0.2) is 5.58 Å². The zero-order valence-electron chi connectivity index (χ0n) is 6.24. The minimum Gasteiger partial charge on any atom is -0.356 e. The van der Waals surface area contributed by atoms with Gasteiger partial charge in [0.1, 0.15) is 0 Å². The van der Waals surface area contributed by atoms with Crippen LogP contribution in [0.2, 0.25) is 0 Å². The molecule has 2 aromatic rings. The third kappa shape index (κ3) is 0.888. The molecule has 0 aromatic carbocycles. The average Bonchev–Trinajstić information content (AvgIpc) is 2.50. The predicted molar refractivity (Wildman–Crippen MR) is 41.2 cm³/mol. The lowest BCUT2D eigenvalue weighted by molar-refractivity contribution is 0.456. The van der Waals surface area contributed by atoms with E-state index in [1.165, 1.54) is 0 Å². The summed E-state index contributed by atoms with van der Waals surface area (Å²) in [6.45, 7) is 2.06. The van der Waals surface area contributed by atoms with Crippen LogP contribution in [-0.2, 0) is 6.42 Å². The van der Waals surface area contributed by atoms with Crippen LogP contribution >= 0.6 is 0 Å². The van der Waals surface area contributed by atoms with E-state index in [1.54, 1.807) is 12.4 Å². The molecule has 0 aliphatic rings. The summed E-state index contributed by atoms with van der Waals surface area (Å²) < 4.78 is 4.97. The van der Waals surface area contributed by atoms with Gasteiger partial charge >= 0.3 is 0 Å². The molecule has 0 unspecified atom stereocenters. The summed E-state index contributed by atoms with van der Waals surface area (Å²) in [5, 5.41) is 4.72.